The first kappa shape index (κ1) is 18.1. The zero-order chi connectivity index (χ0) is 18.2. The Hall–Kier alpha value is -1.67. The molecule has 0 saturated carbocycles. The van der Waals surface area contributed by atoms with Crippen molar-refractivity contribution in [1.29, 1.82) is 0 Å². The van der Waals surface area contributed by atoms with Gasteiger partial charge in [-0.25, -0.2) is 9.78 Å². The zero-order valence-corrected chi connectivity index (χ0v) is 16.2. The van der Waals surface area contributed by atoms with Crippen LogP contribution >= 0.6 is 11.3 Å². The van der Waals surface area contributed by atoms with E-state index in [1.54, 1.807) is 9.80 Å². The summed E-state index contributed by atoms with van der Waals surface area (Å²) in [7, 11) is 2.08. The fourth-order valence-electron chi connectivity index (χ4n) is 2.97. The van der Waals surface area contributed by atoms with Crippen LogP contribution in [0.5, 0.6) is 0 Å². The minimum atomic E-state index is -0.503. The Balaban J connectivity index is 1.58. The molecule has 1 saturated heterocycles. The van der Waals surface area contributed by atoms with Gasteiger partial charge in [-0.3, -0.25) is 4.79 Å². The Morgan fingerprint density at radius 2 is 1.72 bits per heavy atom. The van der Waals surface area contributed by atoms with E-state index in [1.807, 2.05) is 20.8 Å². The van der Waals surface area contributed by atoms with Gasteiger partial charge < -0.3 is 19.4 Å². The van der Waals surface area contributed by atoms with Crippen LogP contribution in [0.4, 0.5) is 4.79 Å². The summed E-state index contributed by atoms with van der Waals surface area (Å²) in [5, 5.41) is 0.575. The van der Waals surface area contributed by atoms with Gasteiger partial charge in [0.25, 0.3) is 5.91 Å². The lowest BCUT2D eigenvalue weighted by atomic mass is 10.2. The van der Waals surface area contributed by atoms with Gasteiger partial charge in [0.2, 0.25) is 0 Å². The third-order valence-corrected chi connectivity index (χ3v) is 5.39. The number of piperazine rings is 1. The topological polar surface area (TPSA) is 66.0 Å². The highest BCUT2D eigenvalue weighted by atomic mass is 32.1. The first-order valence-corrected chi connectivity index (χ1v) is 9.49. The lowest BCUT2D eigenvalue weighted by molar-refractivity contribution is 0.0141. The highest BCUT2D eigenvalue weighted by molar-refractivity contribution is 7.13. The summed E-state index contributed by atoms with van der Waals surface area (Å²) in [5.41, 5.74) is 0.566. The normalized spacial score (nSPS) is 18.9. The van der Waals surface area contributed by atoms with Gasteiger partial charge in [0.05, 0.1) is 5.69 Å². The second-order valence-corrected chi connectivity index (χ2v) is 8.72. The molecule has 0 aromatic carbocycles. The number of thiazole rings is 1. The summed E-state index contributed by atoms with van der Waals surface area (Å²) < 4.78 is 5.39. The maximum atomic E-state index is 12.7. The molecule has 8 heteroatoms. The number of carbonyl (C=O) groups is 2. The van der Waals surface area contributed by atoms with Crippen molar-refractivity contribution in [3.05, 3.63) is 15.6 Å². The average Bonchev–Trinajstić information content (AvgIpc) is 2.95. The summed E-state index contributed by atoms with van der Waals surface area (Å²) in [4.78, 5) is 36.3. The molecule has 2 amide bonds. The molecule has 0 N–H and O–H groups in total. The molecule has 7 nitrogen and oxygen atoms in total. The van der Waals surface area contributed by atoms with Gasteiger partial charge in [-0.2, -0.15) is 0 Å². The van der Waals surface area contributed by atoms with E-state index in [0.717, 1.165) is 25.2 Å². The Morgan fingerprint density at radius 1 is 1.08 bits per heavy atom. The molecule has 0 unspecified atom stereocenters. The molecule has 1 aromatic heterocycles. The van der Waals surface area contributed by atoms with Gasteiger partial charge in [-0.1, -0.05) is 0 Å². The molecular weight excluding hydrogens is 340 g/mol. The van der Waals surface area contributed by atoms with Crippen LogP contribution in [0.2, 0.25) is 0 Å². The number of carbonyl (C=O) groups excluding carboxylic acids is 2. The lowest BCUT2D eigenvalue weighted by Gasteiger charge is -2.35. The van der Waals surface area contributed by atoms with Crippen LogP contribution in [0.15, 0.2) is 0 Å². The molecule has 138 valence electrons. The maximum Gasteiger partial charge on any atom is 0.410 e. The molecule has 0 bridgehead atoms. The van der Waals surface area contributed by atoms with E-state index in [0.29, 0.717) is 31.2 Å². The molecule has 1 aromatic rings. The number of nitrogens with zero attached hydrogens (tertiary/aromatic N) is 4. The van der Waals surface area contributed by atoms with Gasteiger partial charge >= 0.3 is 6.09 Å². The van der Waals surface area contributed by atoms with Crippen molar-refractivity contribution in [1.82, 2.24) is 19.7 Å². The Labute approximate surface area is 152 Å². The van der Waals surface area contributed by atoms with Crippen molar-refractivity contribution in [2.75, 3.05) is 39.8 Å². The minimum absolute atomic E-state index is 0.0223. The van der Waals surface area contributed by atoms with Crippen LogP contribution in [0.1, 0.15) is 41.1 Å². The SMILES string of the molecule is CN1CCc2nc(C(=O)N3CCN(C(=O)OC(C)(C)C)CC3)sc2C1. The van der Waals surface area contributed by atoms with Crippen LogP contribution in [-0.4, -0.2) is 77.1 Å². The monoisotopic (exact) mass is 366 g/mol. The summed E-state index contributed by atoms with van der Waals surface area (Å²) in [5.74, 6) is -0.0223. The fraction of sp³-hybridized carbons (Fsp3) is 0.706. The van der Waals surface area contributed by atoms with Crippen LogP contribution in [0.3, 0.4) is 0 Å². The smallest absolute Gasteiger partial charge is 0.410 e. The molecule has 25 heavy (non-hydrogen) atoms. The number of rotatable bonds is 1. The summed E-state index contributed by atoms with van der Waals surface area (Å²) in [6, 6.07) is 0. The van der Waals surface area contributed by atoms with Crippen molar-refractivity contribution in [2.45, 2.75) is 39.3 Å². The number of hydrogen-bond donors (Lipinski definition) is 0. The predicted molar refractivity (Wildman–Crippen MR) is 95.9 cm³/mol. The molecule has 1 fully saturated rings. The minimum Gasteiger partial charge on any atom is -0.444 e. The fourth-order valence-corrected chi connectivity index (χ4v) is 4.12. The van der Waals surface area contributed by atoms with E-state index < -0.39 is 5.60 Å². The van der Waals surface area contributed by atoms with E-state index in [-0.39, 0.29) is 12.0 Å². The largest absolute Gasteiger partial charge is 0.444 e. The number of likely N-dealkylation sites (N-methyl/N-ethyl adjacent to an activating group) is 1. The Morgan fingerprint density at radius 3 is 2.36 bits per heavy atom. The quantitative estimate of drug-likeness (QED) is 0.759. The maximum absolute atomic E-state index is 12.7. The van der Waals surface area contributed by atoms with E-state index in [9.17, 15) is 9.59 Å². The number of amides is 2. The third kappa shape index (κ3) is 4.30. The number of hydrogen-bond acceptors (Lipinski definition) is 6. The first-order valence-electron chi connectivity index (χ1n) is 8.67. The van der Waals surface area contributed by atoms with Gasteiger partial charge in [0.15, 0.2) is 5.01 Å². The van der Waals surface area contributed by atoms with Crippen molar-refractivity contribution in [3.8, 4) is 0 Å². The van der Waals surface area contributed by atoms with Gasteiger partial charge in [-0.05, 0) is 27.8 Å². The standard InChI is InChI=1S/C17H26N4O3S/c1-17(2,3)24-16(23)21-9-7-20(8-10-21)15(22)14-18-12-5-6-19(4)11-13(12)25-14/h5-11H2,1-4H3. The van der Waals surface area contributed by atoms with Crippen molar-refractivity contribution >= 4 is 23.3 Å². The summed E-state index contributed by atoms with van der Waals surface area (Å²) in [6.07, 6.45) is 0.592. The zero-order valence-electron chi connectivity index (χ0n) is 15.4. The molecule has 0 atom stereocenters. The summed E-state index contributed by atoms with van der Waals surface area (Å²) in [6.45, 7) is 9.43. The van der Waals surface area contributed by atoms with Crippen LogP contribution in [0.25, 0.3) is 0 Å². The second-order valence-electron chi connectivity index (χ2n) is 7.64. The van der Waals surface area contributed by atoms with Crippen molar-refractivity contribution < 1.29 is 14.3 Å². The van der Waals surface area contributed by atoms with Crippen molar-refractivity contribution in [3.63, 3.8) is 0 Å². The second kappa shape index (κ2) is 6.92. The highest BCUT2D eigenvalue weighted by Crippen LogP contribution is 2.25. The summed E-state index contributed by atoms with van der Waals surface area (Å²) >= 11 is 1.51. The molecule has 0 radical (unpaired) electrons. The predicted octanol–water partition coefficient (Wildman–Crippen LogP) is 1.82. The van der Waals surface area contributed by atoms with E-state index in [1.165, 1.54) is 16.2 Å². The van der Waals surface area contributed by atoms with Crippen LogP contribution in [-0.2, 0) is 17.7 Å². The molecule has 2 aliphatic rings. The Kier molecular flexibility index (Phi) is 5.02. The van der Waals surface area contributed by atoms with Gasteiger partial charge in [-0.15, -0.1) is 11.3 Å². The highest BCUT2D eigenvalue weighted by Gasteiger charge is 2.30. The van der Waals surface area contributed by atoms with Crippen molar-refractivity contribution in [2.24, 2.45) is 0 Å². The molecule has 3 rings (SSSR count). The van der Waals surface area contributed by atoms with E-state index in [4.69, 9.17) is 4.74 Å². The number of aromatic nitrogens is 1. The van der Waals surface area contributed by atoms with Crippen LogP contribution in [0, 0.1) is 0 Å². The molecule has 2 aliphatic heterocycles. The number of fused-ring (bicyclic) bond motifs is 1. The lowest BCUT2D eigenvalue weighted by Crippen LogP contribution is -2.51. The molecule has 3 heterocycles. The van der Waals surface area contributed by atoms with E-state index >= 15 is 0 Å². The first-order chi connectivity index (χ1) is 11.7. The molecular formula is C17H26N4O3S. The van der Waals surface area contributed by atoms with Gasteiger partial charge in [0, 0.05) is 50.6 Å². The third-order valence-electron chi connectivity index (χ3n) is 4.32. The van der Waals surface area contributed by atoms with E-state index in [2.05, 4.69) is 16.9 Å². The Bertz CT molecular complexity index is 659. The van der Waals surface area contributed by atoms with Crippen LogP contribution < -0.4 is 0 Å². The molecule has 0 spiro atoms. The average molecular weight is 366 g/mol. The molecule has 0 aliphatic carbocycles. The number of ether oxygens (including phenoxy) is 1. The van der Waals surface area contributed by atoms with Gasteiger partial charge in [0.1, 0.15) is 5.60 Å².